The van der Waals surface area contributed by atoms with Crippen LogP contribution in [0.25, 0.3) is 0 Å². The summed E-state index contributed by atoms with van der Waals surface area (Å²) in [5.41, 5.74) is 1.24. The highest BCUT2D eigenvalue weighted by molar-refractivity contribution is 7.96. The van der Waals surface area contributed by atoms with Crippen molar-refractivity contribution >= 4 is 17.9 Å². The number of benzene rings is 1. The zero-order valence-corrected chi connectivity index (χ0v) is 9.82. The van der Waals surface area contributed by atoms with Gasteiger partial charge in [-0.15, -0.1) is 0 Å². The molecule has 1 aliphatic rings. The number of hydrogen-bond acceptors (Lipinski definition) is 3. The Hall–Kier alpha value is -1.00. The lowest BCUT2D eigenvalue weighted by Crippen LogP contribution is -2.30. The molecule has 0 unspecified atom stereocenters. The molecule has 0 radical (unpaired) electrons. The molecule has 0 amide bonds. The molecule has 1 aliphatic heterocycles. The first-order valence-corrected chi connectivity index (χ1v) is 6.38. The molecular weight excluding hydrogens is 222 g/mol. The maximum absolute atomic E-state index is 11.0. The van der Waals surface area contributed by atoms with E-state index in [1.165, 1.54) is 5.56 Å². The van der Waals surface area contributed by atoms with Gasteiger partial charge in [-0.25, -0.2) is 4.31 Å². The molecule has 0 aliphatic carbocycles. The zero-order valence-electron chi connectivity index (χ0n) is 9.00. The SMILES string of the molecule is O=C(O)[C@@H]1CCCN1SCc1ccccc1. The van der Waals surface area contributed by atoms with Gasteiger partial charge in [0.2, 0.25) is 0 Å². The van der Waals surface area contributed by atoms with Crippen molar-refractivity contribution in [2.75, 3.05) is 6.54 Å². The largest absolute Gasteiger partial charge is 0.480 e. The van der Waals surface area contributed by atoms with E-state index in [0.29, 0.717) is 0 Å². The third-order valence-electron chi connectivity index (χ3n) is 2.73. The summed E-state index contributed by atoms with van der Waals surface area (Å²) in [5, 5.41) is 9.03. The minimum Gasteiger partial charge on any atom is -0.480 e. The number of carbonyl (C=O) groups is 1. The van der Waals surface area contributed by atoms with Crippen LogP contribution in [0.5, 0.6) is 0 Å². The van der Waals surface area contributed by atoms with Crippen LogP contribution in [-0.2, 0) is 10.5 Å². The molecule has 1 N–H and O–H groups in total. The minimum atomic E-state index is -0.696. The summed E-state index contributed by atoms with van der Waals surface area (Å²) in [6, 6.07) is 9.85. The lowest BCUT2D eigenvalue weighted by Gasteiger charge is -2.19. The van der Waals surface area contributed by atoms with Crippen molar-refractivity contribution < 1.29 is 9.90 Å². The molecule has 1 aromatic carbocycles. The van der Waals surface area contributed by atoms with E-state index in [1.807, 2.05) is 22.5 Å². The maximum Gasteiger partial charge on any atom is 0.321 e. The van der Waals surface area contributed by atoms with Gasteiger partial charge in [-0.1, -0.05) is 42.3 Å². The Morgan fingerprint density at radius 1 is 1.44 bits per heavy atom. The Morgan fingerprint density at radius 2 is 2.19 bits per heavy atom. The fourth-order valence-corrected chi connectivity index (χ4v) is 3.01. The summed E-state index contributed by atoms with van der Waals surface area (Å²) in [4.78, 5) is 11.0. The van der Waals surface area contributed by atoms with Crippen molar-refractivity contribution in [3.05, 3.63) is 35.9 Å². The molecule has 3 nitrogen and oxygen atoms in total. The number of rotatable bonds is 4. The van der Waals surface area contributed by atoms with Crippen molar-refractivity contribution in [1.82, 2.24) is 4.31 Å². The average Bonchev–Trinajstić information content (AvgIpc) is 2.76. The summed E-state index contributed by atoms with van der Waals surface area (Å²) in [6.45, 7) is 0.883. The molecular formula is C12H15NO2S. The third-order valence-corrected chi connectivity index (χ3v) is 3.96. The van der Waals surface area contributed by atoms with E-state index >= 15 is 0 Å². The maximum atomic E-state index is 11.0. The highest BCUT2D eigenvalue weighted by atomic mass is 32.2. The van der Waals surface area contributed by atoms with E-state index in [0.717, 1.165) is 25.1 Å². The Bertz CT molecular complexity index is 355. The molecule has 16 heavy (non-hydrogen) atoms. The lowest BCUT2D eigenvalue weighted by molar-refractivity contribution is -0.140. The average molecular weight is 237 g/mol. The molecule has 0 spiro atoms. The molecule has 1 aromatic rings. The van der Waals surface area contributed by atoms with Gasteiger partial charge in [0.25, 0.3) is 0 Å². The van der Waals surface area contributed by atoms with Crippen molar-refractivity contribution in [2.45, 2.75) is 24.6 Å². The predicted octanol–water partition coefficient (Wildman–Crippen LogP) is 2.38. The molecule has 0 saturated carbocycles. The summed E-state index contributed by atoms with van der Waals surface area (Å²) in [7, 11) is 0. The minimum absolute atomic E-state index is 0.297. The van der Waals surface area contributed by atoms with E-state index in [2.05, 4.69) is 12.1 Å². The number of carboxylic acid groups (broad SMARTS) is 1. The molecule has 0 aromatic heterocycles. The topological polar surface area (TPSA) is 40.5 Å². The Balaban J connectivity index is 1.88. The van der Waals surface area contributed by atoms with E-state index in [9.17, 15) is 4.79 Å². The lowest BCUT2D eigenvalue weighted by atomic mass is 10.2. The summed E-state index contributed by atoms with van der Waals surface area (Å²) in [5.74, 6) is 0.156. The van der Waals surface area contributed by atoms with Crippen molar-refractivity contribution in [1.29, 1.82) is 0 Å². The second kappa shape index (κ2) is 5.37. The molecule has 4 heteroatoms. The molecule has 1 atom stereocenters. The van der Waals surface area contributed by atoms with Crippen LogP contribution < -0.4 is 0 Å². The van der Waals surface area contributed by atoms with Gasteiger partial charge >= 0.3 is 5.97 Å². The van der Waals surface area contributed by atoms with Gasteiger partial charge in [-0.3, -0.25) is 4.79 Å². The van der Waals surface area contributed by atoms with E-state index in [-0.39, 0.29) is 6.04 Å². The molecule has 0 bridgehead atoms. The van der Waals surface area contributed by atoms with Crippen molar-refractivity contribution in [3.63, 3.8) is 0 Å². The normalized spacial score (nSPS) is 21.1. The molecule has 1 saturated heterocycles. The molecule has 1 fully saturated rings. The fraction of sp³-hybridized carbons (Fsp3) is 0.417. The predicted molar refractivity (Wildman–Crippen MR) is 65.1 cm³/mol. The van der Waals surface area contributed by atoms with E-state index in [4.69, 9.17) is 5.11 Å². The summed E-state index contributed by atoms with van der Waals surface area (Å²) in [6.07, 6.45) is 1.76. The number of hydrogen-bond donors (Lipinski definition) is 1. The van der Waals surface area contributed by atoms with Gasteiger partial charge in [0.05, 0.1) is 0 Å². The highest BCUT2D eigenvalue weighted by Crippen LogP contribution is 2.27. The third kappa shape index (κ3) is 2.77. The van der Waals surface area contributed by atoms with Crippen LogP contribution in [0.3, 0.4) is 0 Å². The Labute approximate surface area is 99.6 Å². The van der Waals surface area contributed by atoms with Crippen LogP contribution in [0.1, 0.15) is 18.4 Å². The summed E-state index contributed by atoms with van der Waals surface area (Å²) >= 11 is 1.63. The molecule has 2 rings (SSSR count). The van der Waals surface area contributed by atoms with Crippen molar-refractivity contribution in [3.8, 4) is 0 Å². The van der Waals surface area contributed by atoms with Gasteiger partial charge in [0, 0.05) is 12.3 Å². The number of aliphatic carboxylic acids is 1. The zero-order chi connectivity index (χ0) is 11.4. The molecule has 1 heterocycles. The van der Waals surface area contributed by atoms with Crippen LogP contribution in [0.4, 0.5) is 0 Å². The van der Waals surface area contributed by atoms with Crippen LogP contribution >= 0.6 is 11.9 Å². The standard InChI is InChI=1S/C12H15NO2S/c14-12(15)11-7-4-8-13(11)16-9-10-5-2-1-3-6-10/h1-3,5-6,11H,4,7-9H2,(H,14,15)/t11-/m0/s1. The fourth-order valence-electron chi connectivity index (χ4n) is 1.87. The summed E-state index contributed by atoms with van der Waals surface area (Å²) < 4.78 is 2.00. The molecule has 86 valence electrons. The van der Waals surface area contributed by atoms with Crippen LogP contribution in [0.2, 0.25) is 0 Å². The smallest absolute Gasteiger partial charge is 0.321 e. The Kier molecular flexibility index (Phi) is 3.85. The van der Waals surface area contributed by atoms with Crippen LogP contribution in [0, 0.1) is 0 Å². The van der Waals surface area contributed by atoms with Gasteiger partial charge in [0.1, 0.15) is 6.04 Å². The first kappa shape index (κ1) is 11.5. The van der Waals surface area contributed by atoms with Crippen molar-refractivity contribution in [2.24, 2.45) is 0 Å². The van der Waals surface area contributed by atoms with Gasteiger partial charge in [-0.05, 0) is 18.4 Å². The number of nitrogens with zero attached hydrogens (tertiary/aromatic N) is 1. The quantitative estimate of drug-likeness (QED) is 0.816. The van der Waals surface area contributed by atoms with E-state index < -0.39 is 5.97 Å². The van der Waals surface area contributed by atoms with Gasteiger partial charge < -0.3 is 5.11 Å². The van der Waals surface area contributed by atoms with Gasteiger partial charge in [0.15, 0.2) is 0 Å². The second-order valence-electron chi connectivity index (χ2n) is 3.90. The highest BCUT2D eigenvalue weighted by Gasteiger charge is 2.30. The first-order chi connectivity index (χ1) is 7.77. The van der Waals surface area contributed by atoms with Crippen LogP contribution in [0.15, 0.2) is 30.3 Å². The Morgan fingerprint density at radius 3 is 2.88 bits per heavy atom. The number of carboxylic acids is 1. The van der Waals surface area contributed by atoms with Crippen LogP contribution in [-0.4, -0.2) is 28.0 Å². The monoisotopic (exact) mass is 237 g/mol. The van der Waals surface area contributed by atoms with Gasteiger partial charge in [-0.2, -0.15) is 0 Å². The first-order valence-electron chi connectivity index (χ1n) is 5.43. The van der Waals surface area contributed by atoms with E-state index in [1.54, 1.807) is 11.9 Å². The second-order valence-corrected chi connectivity index (χ2v) is 4.91.